The molecule has 2 N–H and O–H groups in total. The average Bonchev–Trinajstić information content (AvgIpc) is 2.89. The molecule has 0 radical (unpaired) electrons. The number of hydrogen-bond donors (Lipinski definition) is 2. The van der Waals surface area contributed by atoms with Gasteiger partial charge in [0.1, 0.15) is 11.8 Å². The summed E-state index contributed by atoms with van der Waals surface area (Å²) in [5.41, 5.74) is 5.74. The SMILES string of the molecule is Cc1ccccc1-c1cc(C=Cc2cnc3ccccc3c2)ccc1C(=O)NC(CC[S+](C)[O-])C(=O)O.[LiH]. The molecule has 3 aromatic carbocycles. The van der Waals surface area contributed by atoms with Crippen molar-refractivity contribution in [2.75, 3.05) is 12.0 Å². The van der Waals surface area contributed by atoms with Gasteiger partial charge in [-0.15, -0.1) is 0 Å². The molecule has 1 heterocycles. The van der Waals surface area contributed by atoms with Crippen LogP contribution in [0.1, 0.15) is 33.5 Å². The number of amides is 1. The van der Waals surface area contributed by atoms with Gasteiger partial charge in [-0.1, -0.05) is 71.9 Å². The van der Waals surface area contributed by atoms with E-state index in [-0.39, 0.29) is 31.0 Å². The molecule has 0 fully saturated rings. The number of hydrogen-bond acceptors (Lipinski definition) is 4. The van der Waals surface area contributed by atoms with Crippen LogP contribution < -0.4 is 5.32 Å². The Morgan fingerprint density at radius 1 is 1.00 bits per heavy atom. The fraction of sp³-hybridized carbons (Fsp3) is 0.167. The fourth-order valence-electron chi connectivity index (χ4n) is 4.11. The van der Waals surface area contributed by atoms with Gasteiger partial charge in [-0.05, 0) is 59.0 Å². The molecule has 0 aliphatic rings. The molecule has 0 saturated carbocycles. The fourth-order valence-corrected chi connectivity index (χ4v) is 4.68. The van der Waals surface area contributed by atoms with Crippen molar-refractivity contribution in [1.29, 1.82) is 0 Å². The quantitative estimate of drug-likeness (QED) is 0.246. The number of para-hydroxylation sites is 1. The van der Waals surface area contributed by atoms with Crippen molar-refractivity contribution < 1.29 is 19.2 Å². The second-order valence-corrected chi connectivity index (χ2v) is 10.4. The molecule has 0 saturated heterocycles. The molecule has 38 heavy (non-hydrogen) atoms. The Morgan fingerprint density at radius 3 is 2.45 bits per heavy atom. The average molecular weight is 521 g/mol. The van der Waals surface area contributed by atoms with E-state index in [4.69, 9.17) is 0 Å². The van der Waals surface area contributed by atoms with Crippen molar-refractivity contribution in [1.82, 2.24) is 10.3 Å². The number of aryl methyl sites for hydroxylation is 1. The molecule has 6 nitrogen and oxygen atoms in total. The van der Waals surface area contributed by atoms with Crippen molar-refractivity contribution in [3.63, 3.8) is 0 Å². The van der Waals surface area contributed by atoms with Crippen molar-refractivity contribution in [3.8, 4) is 11.1 Å². The van der Waals surface area contributed by atoms with Crippen molar-refractivity contribution in [2.45, 2.75) is 19.4 Å². The van der Waals surface area contributed by atoms with Crippen LogP contribution in [0.3, 0.4) is 0 Å². The standard InChI is InChI=1S/C30H28N2O4S.Li.H/c1-20-7-3-5-9-24(20)26-18-21(11-12-22-17-23-8-4-6-10-27(23)31-19-22)13-14-25(26)29(33)32-28(30(34)35)15-16-37(2)36;;/h3-14,17-19,28H,15-16H2,1-2H3,(H,32,33)(H,34,35);;. The Balaban J connectivity index is 0.00000400. The van der Waals surface area contributed by atoms with Gasteiger partial charge in [0.05, 0.1) is 11.8 Å². The predicted molar refractivity (Wildman–Crippen MR) is 157 cm³/mol. The Hall–Kier alpha value is -3.34. The number of carboxylic acids is 1. The molecule has 0 aliphatic carbocycles. The van der Waals surface area contributed by atoms with Gasteiger partial charge >= 0.3 is 24.8 Å². The van der Waals surface area contributed by atoms with E-state index in [0.717, 1.165) is 33.2 Å². The zero-order chi connectivity index (χ0) is 26.4. The van der Waals surface area contributed by atoms with Crippen LogP contribution in [0.15, 0.2) is 79.0 Å². The molecule has 1 aromatic heterocycles. The molecule has 0 aliphatic heterocycles. The first kappa shape index (κ1) is 29.2. The Morgan fingerprint density at radius 2 is 1.71 bits per heavy atom. The van der Waals surface area contributed by atoms with Crippen molar-refractivity contribution >= 4 is 65.0 Å². The Kier molecular flexibility index (Phi) is 10.3. The minimum absolute atomic E-state index is 0. The van der Waals surface area contributed by atoms with Crippen LogP contribution in [-0.2, 0) is 16.0 Å². The first-order valence-corrected chi connectivity index (χ1v) is 13.6. The maximum atomic E-state index is 13.2. The number of carbonyl (C=O) groups excluding carboxylic acids is 1. The zero-order valence-electron chi connectivity index (χ0n) is 20.7. The number of benzene rings is 3. The zero-order valence-corrected chi connectivity index (χ0v) is 21.5. The summed E-state index contributed by atoms with van der Waals surface area (Å²) >= 11 is -1.16. The van der Waals surface area contributed by atoms with E-state index in [1.54, 1.807) is 6.07 Å². The number of aliphatic carboxylic acids is 1. The van der Waals surface area contributed by atoms with Gasteiger partial charge in [-0.3, -0.25) is 9.78 Å². The number of fused-ring (bicyclic) bond motifs is 1. The van der Waals surface area contributed by atoms with Crippen molar-refractivity contribution in [3.05, 3.63) is 101 Å². The number of aromatic nitrogens is 1. The van der Waals surface area contributed by atoms with E-state index in [0.29, 0.717) is 11.1 Å². The second kappa shape index (κ2) is 13.5. The monoisotopic (exact) mass is 520 g/mol. The van der Waals surface area contributed by atoms with Crippen LogP contribution >= 0.6 is 0 Å². The molecular formula is C30H29LiN2O4S. The normalized spacial score (nSPS) is 12.6. The van der Waals surface area contributed by atoms with Gasteiger partial charge in [-0.2, -0.15) is 0 Å². The topological polar surface area (TPSA) is 102 Å². The molecule has 190 valence electrons. The summed E-state index contributed by atoms with van der Waals surface area (Å²) < 4.78 is 11.5. The second-order valence-electron chi connectivity index (χ2n) is 8.84. The summed E-state index contributed by atoms with van der Waals surface area (Å²) in [5.74, 6) is -1.45. The van der Waals surface area contributed by atoms with Crippen LogP contribution in [0.4, 0.5) is 0 Å². The van der Waals surface area contributed by atoms with Crippen molar-refractivity contribution in [2.24, 2.45) is 0 Å². The number of carboxylic acid groups (broad SMARTS) is 1. The number of nitrogens with zero attached hydrogens (tertiary/aromatic N) is 1. The van der Waals surface area contributed by atoms with Gasteiger partial charge in [0.2, 0.25) is 0 Å². The number of carbonyl (C=O) groups is 2. The first-order chi connectivity index (χ1) is 17.8. The Labute approximate surface area is 237 Å². The number of nitrogens with one attached hydrogen (secondary N) is 1. The van der Waals surface area contributed by atoms with Gasteiger partial charge in [0.15, 0.2) is 0 Å². The van der Waals surface area contributed by atoms with E-state index < -0.39 is 29.1 Å². The van der Waals surface area contributed by atoms with Crippen LogP contribution in [0.5, 0.6) is 0 Å². The summed E-state index contributed by atoms with van der Waals surface area (Å²) in [5, 5.41) is 13.2. The molecule has 2 unspecified atom stereocenters. The third kappa shape index (κ3) is 7.37. The molecular weight excluding hydrogens is 491 g/mol. The molecule has 4 aromatic rings. The third-order valence-corrected chi connectivity index (χ3v) is 6.91. The molecule has 0 spiro atoms. The van der Waals surface area contributed by atoms with Crippen LogP contribution in [0, 0.1) is 6.92 Å². The Bertz CT molecular complexity index is 1470. The molecule has 8 heteroatoms. The van der Waals surface area contributed by atoms with Gasteiger partial charge in [0, 0.05) is 23.6 Å². The van der Waals surface area contributed by atoms with E-state index in [1.807, 2.05) is 85.9 Å². The van der Waals surface area contributed by atoms with Gasteiger partial charge in [0.25, 0.3) is 5.91 Å². The minimum atomic E-state index is -1.16. The summed E-state index contributed by atoms with van der Waals surface area (Å²) in [7, 11) is 0. The van der Waals surface area contributed by atoms with Crippen LogP contribution in [0.25, 0.3) is 34.2 Å². The molecule has 1 amide bonds. The van der Waals surface area contributed by atoms with E-state index in [2.05, 4.69) is 16.4 Å². The molecule has 0 bridgehead atoms. The van der Waals surface area contributed by atoms with Crippen LogP contribution in [0.2, 0.25) is 0 Å². The van der Waals surface area contributed by atoms with Crippen LogP contribution in [-0.4, -0.2) is 63.4 Å². The predicted octanol–water partition coefficient (Wildman–Crippen LogP) is 4.68. The van der Waals surface area contributed by atoms with E-state index >= 15 is 0 Å². The van der Waals surface area contributed by atoms with Gasteiger partial charge in [-0.25, -0.2) is 4.79 Å². The number of pyridine rings is 1. The molecule has 2 atom stereocenters. The van der Waals surface area contributed by atoms with E-state index in [1.165, 1.54) is 6.26 Å². The number of rotatable bonds is 9. The summed E-state index contributed by atoms with van der Waals surface area (Å²) in [4.78, 5) is 29.5. The summed E-state index contributed by atoms with van der Waals surface area (Å²) in [6.07, 6.45) is 7.35. The molecule has 4 rings (SSSR count). The van der Waals surface area contributed by atoms with E-state index in [9.17, 15) is 19.2 Å². The summed E-state index contributed by atoms with van der Waals surface area (Å²) in [6, 6.07) is 22.1. The first-order valence-electron chi connectivity index (χ1n) is 11.9. The maximum absolute atomic E-state index is 13.2. The third-order valence-electron chi connectivity index (χ3n) is 6.10. The summed E-state index contributed by atoms with van der Waals surface area (Å²) in [6.45, 7) is 1.97. The van der Waals surface area contributed by atoms with Gasteiger partial charge < -0.3 is 15.0 Å².